The minimum Gasteiger partial charge on any atom is -0.546 e. The first kappa shape index (κ1) is 16.3. The summed E-state index contributed by atoms with van der Waals surface area (Å²) in [6.07, 6.45) is 4.45. The molecule has 0 amide bonds. The van der Waals surface area contributed by atoms with Gasteiger partial charge in [0.05, 0.1) is 5.76 Å². The highest BCUT2D eigenvalue weighted by Crippen LogP contribution is 2.44. The SMILES string of the molecule is CC(C)[Si](OC1=Cc2ccccc2CC1)(C(C)C)C(C)C. The molecule has 21 heavy (non-hydrogen) atoms. The summed E-state index contributed by atoms with van der Waals surface area (Å²) in [5, 5.41) is 0. The summed E-state index contributed by atoms with van der Waals surface area (Å²) in [5.74, 6) is 1.22. The van der Waals surface area contributed by atoms with Crippen molar-refractivity contribution >= 4 is 14.4 Å². The Morgan fingerprint density at radius 1 is 0.857 bits per heavy atom. The average Bonchev–Trinajstić information content (AvgIpc) is 2.43. The van der Waals surface area contributed by atoms with E-state index in [0.29, 0.717) is 16.6 Å². The lowest BCUT2D eigenvalue weighted by Gasteiger charge is -2.43. The number of rotatable bonds is 5. The maximum atomic E-state index is 6.82. The minimum absolute atomic E-state index is 0.635. The average molecular weight is 303 g/mol. The molecule has 0 saturated carbocycles. The molecular weight excluding hydrogens is 272 g/mol. The van der Waals surface area contributed by atoms with Gasteiger partial charge in [0.2, 0.25) is 0 Å². The lowest BCUT2D eigenvalue weighted by Crippen LogP contribution is -2.47. The molecular formula is C19H30OSi. The highest BCUT2D eigenvalue weighted by Gasteiger charge is 2.47. The van der Waals surface area contributed by atoms with Gasteiger partial charge in [0.1, 0.15) is 0 Å². The van der Waals surface area contributed by atoms with Crippen LogP contribution in [0, 0.1) is 0 Å². The third-order valence-corrected chi connectivity index (χ3v) is 11.1. The van der Waals surface area contributed by atoms with Crippen LogP contribution in [0.3, 0.4) is 0 Å². The predicted molar refractivity (Wildman–Crippen MR) is 94.9 cm³/mol. The standard InChI is InChI=1S/C19H30OSi/c1-14(2)21(15(3)4,16(5)6)20-19-12-11-17-9-7-8-10-18(17)13-19/h7-10,13-16H,11-12H2,1-6H3. The van der Waals surface area contributed by atoms with Crippen LogP contribution in [0.15, 0.2) is 30.0 Å². The molecule has 0 radical (unpaired) electrons. The van der Waals surface area contributed by atoms with Gasteiger partial charge in [0.25, 0.3) is 8.32 Å². The summed E-state index contributed by atoms with van der Waals surface area (Å²) < 4.78 is 6.82. The second kappa shape index (κ2) is 6.39. The van der Waals surface area contributed by atoms with Crippen LogP contribution in [0.25, 0.3) is 6.08 Å². The first-order valence-corrected chi connectivity index (χ1v) is 10.5. The Bertz CT molecular complexity index is 492. The molecule has 1 aromatic rings. The molecule has 1 nitrogen and oxygen atoms in total. The molecule has 0 unspecified atom stereocenters. The molecule has 1 aliphatic rings. The van der Waals surface area contributed by atoms with Crippen molar-refractivity contribution in [3.05, 3.63) is 41.2 Å². The molecule has 0 heterocycles. The summed E-state index contributed by atoms with van der Waals surface area (Å²) in [5.41, 5.74) is 4.70. The second-order valence-corrected chi connectivity index (χ2v) is 12.6. The number of hydrogen-bond acceptors (Lipinski definition) is 1. The second-order valence-electron chi connectivity index (χ2n) is 7.23. The molecule has 0 aliphatic heterocycles. The molecule has 0 N–H and O–H groups in total. The van der Waals surface area contributed by atoms with Crippen LogP contribution in [0.4, 0.5) is 0 Å². The highest BCUT2D eigenvalue weighted by molar-refractivity contribution is 6.77. The van der Waals surface area contributed by atoms with Crippen LogP contribution >= 0.6 is 0 Å². The van der Waals surface area contributed by atoms with Gasteiger partial charge in [0, 0.05) is 6.42 Å². The van der Waals surface area contributed by atoms with E-state index in [9.17, 15) is 0 Å². The van der Waals surface area contributed by atoms with E-state index in [2.05, 4.69) is 71.9 Å². The largest absolute Gasteiger partial charge is 0.546 e. The first-order chi connectivity index (χ1) is 9.87. The van der Waals surface area contributed by atoms with Crippen LogP contribution < -0.4 is 0 Å². The molecule has 0 fully saturated rings. The predicted octanol–water partition coefficient (Wildman–Crippen LogP) is 6.17. The number of hydrogen-bond donors (Lipinski definition) is 0. The van der Waals surface area contributed by atoms with Crippen molar-refractivity contribution < 1.29 is 4.43 Å². The molecule has 116 valence electrons. The number of fused-ring (bicyclic) bond motifs is 1. The van der Waals surface area contributed by atoms with Crippen molar-refractivity contribution in [2.24, 2.45) is 0 Å². The monoisotopic (exact) mass is 302 g/mol. The Kier molecular flexibility index (Phi) is 4.98. The fourth-order valence-electron chi connectivity index (χ4n) is 4.07. The van der Waals surface area contributed by atoms with Gasteiger partial charge in [-0.25, -0.2) is 0 Å². The van der Waals surface area contributed by atoms with Crippen molar-refractivity contribution in [3.8, 4) is 0 Å². The molecule has 1 aromatic carbocycles. The van der Waals surface area contributed by atoms with E-state index in [1.807, 2.05) is 0 Å². The molecule has 0 spiro atoms. The summed E-state index contributed by atoms with van der Waals surface area (Å²) in [6, 6.07) is 8.70. The zero-order valence-corrected chi connectivity index (χ0v) is 15.4. The molecule has 1 aliphatic carbocycles. The van der Waals surface area contributed by atoms with Gasteiger partial charge in [-0.05, 0) is 40.2 Å². The van der Waals surface area contributed by atoms with E-state index < -0.39 is 8.32 Å². The normalized spacial score (nSPS) is 15.4. The van der Waals surface area contributed by atoms with E-state index in [4.69, 9.17) is 4.43 Å². The third kappa shape index (κ3) is 3.10. The highest BCUT2D eigenvalue weighted by atomic mass is 28.4. The topological polar surface area (TPSA) is 9.23 Å². The zero-order valence-electron chi connectivity index (χ0n) is 14.4. The van der Waals surface area contributed by atoms with Crippen molar-refractivity contribution in [2.75, 3.05) is 0 Å². The summed E-state index contributed by atoms with van der Waals surface area (Å²) in [4.78, 5) is 0. The summed E-state index contributed by atoms with van der Waals surface area (Å²) in [7, 11) is -1.80. The Balaban J connectivity index is 2.33. The van der Waals surface area contributed by atoms with Crippen LogP contribution in [-0.4, -0.2) is 8.32 Å². The zero-order chi connectivity index (χ0) is 15.6. The number of aryl methyl sites for hydroxylation is 1. The maximum absolute atomic E-state index is 6.82. The molecule has 0 atom stereocenters. The minimum atomic E-state index is -1.80. The van der Waals surface area contributed by atoms with Gasteiger partial charge in [-0.2, -0.15) is 0 Å². The fraction of sp³-hybridized carbons (Fsp3) is 0.579. The maximum Gasteiger partial charge on any atom is 0.258 e. The Hall–Kier alpha value is -1.02. The Labute approximate surface area is 131 Å². The van der Waals surface area contributed by atoms with Crippen LogP contribution in [0.1, 0.15) is 59.1 Å². The van der Waals surface area contributed by atoms with Gasteiger partial charge in [0.15, 0.2) is 0 Å². The number of benzene rings is 1. The lowest BCUT2D eigenvalue weighted by atomic mass is 9.97. The van der Waals surface area contributed by atoms with Crippen molar-refractivity contribution in [1.82, 2.24) is 0 Å². The van der Waals surface area contributed by atoms with Gasteiger partial charge < -0.3 is 4.43 Å². The molecule has 0 saturated heterocycles. The van der Waals surface area contributed by atoms with Crippen molar-refractivity contribution in [1.29, 1.82) is 0 Å². The van der Waals surface area contributed by atoms with Gasteiger partial charge in [-0.3, -0.25) is 0 Å². The van der Waals surface area contributed by atoms with E-state index in [0.717, 1.165) is 12.8 Å². The van der Waals surface area contributed by atoms with Gasteiger partial charge >= 0.3 is 0 Å². The smallest absolute Gasteiger partial charge is 0.258 e. The Morgan fingerprint density at radius 2 is 1.43 bits per heavy atom. The molecule has 0 aromatic heterocycles. The van der Waals surface area contributed by atoms with Gasteiger partial charge in [-0.1, -0.05) is 65.8 Å². The third-order valence-electron chi connectivity index (χ3n) is 5.03. The van der Waals surface area contributed by atoms with Crippen LogP contribution in [-0.2, 0) is 10.8 Å². The first-order valence-electron chi connectivity index (χ1n) is 8.35. The van der Waals surface area contributed by atoms with E-state index in [-0.39, 0.29) is 0 Å². The van der Waals surface area contributed by atoms with E-state index >= 15 is 0 Å². The number of allylic oxidation sites excluding steroid dienone is 1. The van der Waals surface area contributed by atoms with Crippen molar-refractivity contribution in [3.63, 3.8) is 0 Å². The summed E-state index contributed by atoms with van der Waals surface area (Å²) >= 11 is 0. The molecule has 2 rings (SSSR count). The van der Waals surface area contributed by atoms with Gasteiger partial charge in [-0.15, -0.1) is 0 Å². The fourth-order valence-corrected chi connectivity index (χ4v) is 9.39. The van der Waals surface area contributed by atoms with E-state index in [1.54, 1.807) is 0 Å². The quantitative estimate of drug-likeness (QED) is 0.591. The molecule has 0 bridgehead atoms. The molecule has 2 heteroatoms. The lowest BCUT2D eigenvalue weighted by molar-refractivity contribution is 0.357. The Morgan fingerprint density at radius 3 is 2.00 bits per heavy atom. The van der Waals surface area contributed by atoms with Crippen molar-refractivity contribution in [2.45, 2.75) is 71.0 Å². The van der Waals surface area contributed by atoms with Crippen LogP contribution in [0.5, 0.6) is 0 Å². The van der Waals surface area contributed by atoms with Crippen LogP contribution in [0.2, 0.25) is 16.6 Å². The van der Waals surface area contributed by atoms with E-state index in [1.165, 1.54) is 16.9 Å². The summed E-state index contributed by atoms with van der Waals surface area (Å²) in [6.45, 7) is 14.1.